The molecule has 0 aliphatic rings. The summed E-state index contributed by atoms with van der Waals surface area (Å²) in [7, 11) is -3.66. The van der Waals surface area contributed by atoms with Gasteiger partial charge in [0.1, 0.15) is 4.90 Å². The summed E-state index contributed by atoms with van der Waals surface area (Å²) in [4.78, 5) is 4.19. The average molecular weight is 301 g/mol. The third-order valence-corrected chi connectivity index (χ3v) is 4.93. The molecule has 2 rings (SSSR count). The first kappa shape index (κ1) is 14.0. The molecule has 0 unspecified atom stereocenters. The monoisotopic (exact) mass is 301 g/mol. The van der Waals surface area contributed by atoms with Gasteiger partial charge in [0.05, 0.1) is 12.3 Å². The number of rotatable bonds is 5. The number of hydrogen-bond donors (Lipinski definition) is 2. The fourth-order valence-electron chi connectivity index (χ4n) is 1.67. The van der Waals surface area contributed by atoms with Gasteiger partial charge in [-0.3, -0.25) is 4.72 Å². The van der Waals surface area contributed by atoms with E-state index in [-0.39, 0.29) is 11.5 Å². The van der Waals surface area contributed by atoms with E-state index < -0.39 is 10.0 Å². The highest BCUT2D eigenvalue weighted by Crippen LogP contribution is 2.21. The topological polar surface area (TPSA) is 84.2 Å². The van der Waals surface area contributed by atoms with Gasteiger partial charge in [-0.25, -0.2) is 13.4 Å². The number of aliphatic hydroxyl groups excluding tert-OH is 1. The van der Waals surface area contributed by atoms with Crippen molar-refractivity contribution in [3.05, 3.63) is 29.0 Å². The second-order valence-corrected chi connectivity index (χ2v) is 6.55. The van der Waals surface area contributed by atoms with Gasteiger partial charge in [-0.15, -0.1) is 11.3 Å². The van der Waals surface area contributed by atoms with E-state index >= 15 is 0 Å². The van der Waals surface area contributed by atoms with Gasteiger partial charge >= 0.3 is 0 Å². The van der Waals surface area contributed by atoms with Gasteiger partial charge in [0, 0.05) is 23.8 Å². The van der Waals surface area contributed by atoms with Crippen LogP contribution in [0.25, 0.3) is 0 Å². The van der Waals surface area contributed by atoms with Gasteiger partial charge in [-0.05, 0) is 19.9 Å². The molecule has 0 radical (unpaired) electrons. The van der Waals surface area contributed by atoms with Crippen LogP contribution in [0.3, 0.4) is 0 Å². The maximum atomic E-state index is 12.2. The lowest BCUT2D eigenvalue weighted by molar-refractivity contribution is 0.271. The molecular weight excluding hydrogens is 286 g/mol. The predicted octanol–water partition coefficient (Wildman–Crippen LogP) is 1.57. The molecule has 104 valence electrons. The standard InChI is InChI=1S/C11H15N3O3S2/c1-3-14-5-10(4-9(14)6-15)19(16,17)13-11-12-8(2)7-18-11/h4-5,7,15H,3,6H2,1-2H3,(H,12,13). The quantitative estimate of drug-likeness (QED) is 0.878. The van der Waals surface area contributed by atoms with Crippen LogP contribution in [0.5, 0.6) is 0 Å². The van der Waals surface area contributed by atoms with E-state index in [1.165, 1.54) is 23.6 Å². The Hall–Kier alpha value is -1.38. The summed E-state index contributed by atoms with van der Waals surface area (Å²) >= 11 is 1.24. The Balaban J connectivity index is 2.31. The highest BCUT2D eigenvalue weighted by Gasteiger charge is 2.19. The predicted molar refractivity (Wildman–Crippen MR) is 73.7 cm³/mol. The van der Waals surface area contributed by atoms with E-state index in [1.807, 2.05) is 6.92 Å². The molecule has 2 aromatic rings. The first-order chi connectivity index (χ1) is 8.96. The number of nitrogens with one attached hydrogen (secondary N) is 1. The van der Waals surface area contributed by atoms with Crippen LogP contribution in [0, 0.1) is 6.92 Å². The largest absolute Gasteiger partial charge is 0.390 e. The number of aromatic nitrogens is 2. The van der Waals surface area contributed by atoms with Gasteiger partial charge in [0.2, 0.25) is 0 Å². The lowest BCUT2D eigenvalue weighted by atomic mass is 10.4. The molecule has 2 aromatic heterocycles. The lowest BCUT2D eigenvalue weighted by Crippen LogP contribution is -2.12. The van der Waals surface area contributed by atoms with E-state index in [0.29, 0.717) is 17.4 Å². The third kappa shape index (κ3) is 2.96. The minimum Gasteiger partial charge on any atom is -0.390 e. The van der Waals surface area contributed by atoms with Crippen molar-refractivity contribution in [3.8, 4) is 0 Å². The molecule has 0 saturated carbocycles. The molecule has 0 saturated heterocycles. The minimum absolute atomic E-state index is 0.131. The number of anilines is 1. The fourth-order valence-corrected chi connectivity index (χ4v) is 3.68. The van der Waals surface area contributed by atoms with Crippen LogP contribution >= 0.6 is 11.3 Å². The highest BCUT2D eigenvalue weighted by atomic mass is 32.2. The van der Waals surface area contributed by atoms with Crippen molar-refractivity contribution < 1.29 is 13.5 Å². The molecule has 0 amide bonds. The molecular formula is C11H15N3O3S2. The smallest absolute Gasteiger partial charge is 0.265 e. The fraction of sp³-hybridized carbons (Fsp3) is 0.364. The molecule has 0 fully saturated rings. The van der Waals surface area contributed by atoms with Crippen LogP contribution in [0.4, 0.5) is 5.13 Å². The first-order valence-corrected chi connectivity index (χ1v) is 8.07. The van der Waals surface area contributed by atoms with E-state index in [4.69, 9.17) is 0 Å². The van der Waals surface area contributed by atoms with Crippen LogP contribution < -0.4 is 4.72 Å². The number of thiazole rings is 1. The summed E-state index contributed by atoms with van der Waals surface area (Å²) in [5.74, 6) is 0. The van der Waals surface area contributed by atoms with Crippen LogP contribution in [0.1, 0.15) is 18.3 Å². The zero-order valence-corrected chi connectivity index (χ0v) is 12.3. The summed E-state index contributed by atoms with van der Waals surface area (Å²) in [6, 6.07) is 1.46. The molecule has 2 heterocycles. The number of sulfonamides is 1. The van der Waals surface area contributed by atoms with Crippen LogP contribution in [-0.2, 0) is 23.2 Å². The summed E-state index contributed by atoms with van der Waals surface area (Å²) in [5, 5.41) is 11.3. The van der Waals surface area contributed by atoms with Gasteiger partial charge in [-0.2, -0.15) is 0 Å². The molecule has 0 spiro atoms. The Morgan fingerprint density at radius 1 is 1.53 bits per heavy atom. The van der Waals surface area contributed by atoms with E-state index in [0.717, 1.165) is 5.69 Å². The van der Waals surface area contributed by atoms with Gasteiger partial charge < -0.3 is 9.67 Å². The summed E-state index contributed by atoms with van der Waals surface area (Å²) in [6.45, 7) is 4.08. The van der Waals surface area contributed by atoms with E-state index in [1.54, 1.807) is 16.9 Å². The molecule has 19 heavy (non-hydrogen) atoms. The average Bonchev–Trinajstić information content (AvgIpc) is 2.94. The Morgan fingerprint density at radius 3 is 2.74 bits per heavy atom. The van der Waals surface area contributed by atoms with Crippen molar-refractivity contribution in [1.29, 1.82) is 0 Å². The maximum absolute atomic E-state index is 12.2. The number of aliphatic hydroxyl groups is 1. The first-order valence-electron chi connectivity index (χ1n) is 5.71. The summed E-state index contributed by atoms with van der Waals surface area (Å²) < 4.78 is 28.5. The number of nitrogens with zero attached hydrogens (tertiary/aromatic N) is 2. The SMILES string of the molecule is CCn1cc(S(=O)(=O)Nc2nc(C)cs2)cc1CO. The molecule has 6 nitrogen and oxygen atoms in total. The van der Waals surface area contributed by atoms with Crippen molar-refractivity contribution in [2.75, 3.05) is 4.72 Å². The second-order valence-electron chi connectivity index (χ2n) is 4.01. The number of aryl methyl sites for hydroxylation is 2. The molecule has 0 bridgehead atoms. The summed E-state index contributed by atoms with van der Waals surface area (Å²) in [6.07, 6.45) is 1.51. The number of hydrogen-bond acceptors (Lipinski definition) is 5. The minimum atomic E-state index is -3.66. The molecule has 2 N–H and O–H groups in total. The lowest BCUT2D eigenvalue weighted by Gasteiger charge is -2.02. The summed E-state index contributed by atoms with van der Waals surface area (Å²) in [5.41, 5.74) is 1.34. The second kappa shape index (κ2) is 5.32. The van der Waals surface area contributed by atoms with E-state index in [9.17, 15) is 13.5 Å². The van der Waals surface area contributed by atoms with Crippen molar-refractivity contribution in [2.24, 2.45) is 0 Å². The van der Waals surface area contributed by atoms with Gasteiger partial charge in [-0.1, -0.05) is 0 Å². The van der Waals surface area contributed by atoms with Gasteiger partial charge in [0.25, 0.3) is 10.0 Å². The third-order valence-electron chi connectivity index (χ3n) is 2.61. The maximum Gasteiger partial charge on any atom is 0.265 e. The van der Waals surface area contributed by atoms with Crippen LogP contribution in [0.15, 0.2) is 22.5 Å². The zero-order chi connectivity index (χ0) is 14.0. The highest BCUT2D eigenvalue weighted by molar-refractivity contribution is 7.93. The van der Waals surface area contributed by atoms with Crippen molar-refractivity contribution in [3.63, 3.8) is 0 Å². The molecule has 0 aliphatic carbocycles. The Bertz CT molecular complexity index is 652. The van der Waals surface area contributed by atoms with Gasteiger partial charge in [0.15, 0.2) is 5.13 Å². The molecule has 0 atom stereocenters. The van der Waals surface area contributed by atoms with Crippen LogP contribution in [-0.4, -0.2) is 23.1 Å². The molecule has 8 heteroatoms. The Morgan fingerprint density at radius 2 is 2.26 bits per heavy atom. The molecule has 0 aromatic carbocycles. The van der Waals surface area contributed by atoms with Crippen molar-refractivity contribution in [1.82, 2.24) is 9.55 Å². The van der Waals surface area contributed by atoms with E-state index in [2.05, 4.69) is 9.71 Å². The van der Waals surface area contributed by atoms with Crippen molar-refractivity contribution in [2.45, 2.75) is 31.9 Å². The molecule has 0 aliphatic heterocycles. The van der Waals surface area contributed by atoms with Crippen LogP contribution in [0.2, 0.25) is 0 Å². The van der Waals surface area contributed by atoms with Crippen molar-refractivity contribution >= 4 is 26.5 Å². The Labute approximate surface area is 115 Å². The Kier molecular flexibility index (Phi) is 3.93. The zero-order valence-electron chi connectivity index (χ0n) is 10.6. The normalized spacial score (nSPS) is 11.7.